The van der Waals surface area contributed by atoms with E-state index in [9.17, 15) is 9.59 Å². The third-order valence-corrected chi connectivity index (χ3v) is 8.06. The number of hydrogen-bond acceptors (Lipinski definition) is 4. The lowest BCUT2D eigenvalue weighted by Gasteiger charge is -2.35. The highest BCUT2D eigenvalue weighted by Gasteiger charge is 2.25. The first-order valence-corrected chi connectivity index (χ1v) is 14.6. The smallest absolute Gasteiger partial charge is 0.323 e. The van der Waals surface area contributed by atoms with Gasteiger partial charge < -0.3 is 25.6 Å². The summed E-state index contributed by atoms with van der Waals surface area (Å²) in [4.78, 5) is 28.4. The van der Waals surface area contributed by atoms with Crippen LogP contribution >= 0.6 is 23.2 Å². The van der Waals surface area contributed by atoms with Crippen LogP contribution in [0.5, 0.6) is 0 Å². The second kappa shape index (κ2) is 13.4. The summed E-state index contributed by atoms with van der Waals surface area (Å²) < 4.78 is 5.69. The van der Waals surface area contributed by atoms with Gasteiger partial charge in [0.25, 0.3) is 5.91 Å². The number of ether oxygens (including phenoxy) is 1. The minimum atomic E-state index is -0.468. The lowest BCUT2D eigenvalue weighted by molar-refractivity contribution is 0.0858. The molecule has 2 fully saturated rings. The van der Waals surface area contributed by atoms with Gasteiger partial charge in [0.05, 0.1) is 22.4 Å². The van der Waals surface area contributed by atoms with E-state index in [1.165, 1.54) is 5.56 Å². The molecule has 2 heterocycles. The molecule has 3 amide bonds. The molecule has 7 nitrogen and oxygen atoms in total. The van der Waals surface area contributed by atoms with Crippen LogP contribution in [-0.2, 0) is 11.2 Å². The molecule has 0 aromatic heterocycles. The van der Waals surface area contributed by atoms with Gasteiger partial charge in [0.1, 0.15) is 0 Å². The molecule has 0 radical (unpaired) electrons. The van der Waals surface area contributed by atoms with Gasteiger partial charge in [-0.15, -0.1) is 0 Å². The number of amides is 3. The van der Waals surface area contributed by atoms with Gasteiger partial charge in [-0.3, -0.25) is 4.79 Å². The number of carbonyl (C=O) groups is 2. The van der Waals surface area contributed by atoms with Gasteiger partial charge in [-0.2, -0.15) is 0 Å². The molecule has 5 rings (SSSR count). The normalized spacial score (nSPS) is 17.4. The predicted molar refractivity (Wildman–Crippen MR) is 162 cm³/mol. The van der Waals surface area contributed by atoms with Gasteiger partial charge in [0.15, 0.2) is 0 Å². The maximum Gasteiger partial charge on any atom is 0.323 e. The molecule has 3 aromatic carbocycles. The number of nitrogens with one attached hydrogen (secondary N) is 3. The van der Waals surface area contributed by atoms with E-state index < -0.39 is 6.03 Å². The highest BCUT2D eigenvalue weighted by atomic mass is 35.5. The highest BCUT2D eigenvalue weighted by Crippen LogP contribution is 2.31. The van der Waals surface area contributed by atoms with Gasteiger partial charge in [0, 0.05) is 42.6 Å². The van der Waals surface area contributed by atoms with E-state index in [1.54, 1.807) is 24.3 Å². The number of benzene rings is 3. The Morgan fingerprint density at radius 2 is 1.73 bits per heavy atom. The summed E-state index contributed by atoms with van der Waals surface area (Å²) >= 11 is 12.2. The highest BCUT2D eigenvalue weighted by molar-refractivity contribution is 6.36. The van der Waals surface area contributed by atoms with Crippen LogP contribution in [-0.4, -0.2) is 44.3 Å². The van der Waals surface area contributed by atoms with Crippen LogP contribution in [0.1, 0.15) is 41.6 Å². The summed E-state index contributed by atoms with van der Waals surface area (Å²) in [5, 5.41) is 9.42. The molecule has 2 saturated heterocycles. The fourth-order valence-electron chi connectivity index (χ4n) is 5.38. The van der Waals surface area contributed by atoms with Crippen LogP contribution in [0.15, 0.2) is 66.7 Å². The standard InChI is InChI=1S/C31H34Cl2N4O3/c32-23-8-10-28(27(33)18-23)36-31(39)35-24-9-11-29(26(19-24)30(38)34-20-25-7-4-16-40-25)37-14-12-22(13-15-37)17-21-5-2-1-3-6-21/h1-3,5-6,8-11,18-19,22,25H,4,7,12-17,20H2,(H,34,38)(H2,35,36,39). The zero-order valence-electron chi connectivity index (χ0n) is 22.3. The Balaban J connectivity index is 1.28. The Morgan fingerprint density at radius 3 is 2.45 bits per heavy atom. The van der Waals surface area contributed by atoms with E-state index in [0.29, 0.717) is 39.4 Å². The van der Waals surface area contributed by atoms with Crippen molar-refractivity contribution in [3.05, 3.63) is 87.9 Å². The number of piperidine rings is 1. The van der Waals surface area contributed by atoms with E-state index in [0.717, 1.165) is 57.5 Å². The molecular formula is C31H34Cl2N4O3. The van der Waals surface area contributed by atoms with Crippen molar-refractivity contribution in [1.82, 2.24) is 5.32 Å². The molecule has 3 aromatic rings. The first-order chi connectivity index (χ1) is 19.4. The molecule has 0 saturated carbocycles. The quantitative estimate of drug-likeness (QED) is 0.268. The Bertz CT molecular complexity index is 1320. The fraction of sp³-hybridized carbons (Fsp3) is 0.355. The summed E-state index contributed by atoms with van der Waals surface area (Å²) in [5.41, 5.74) is 3.71. The third kappa shape index (κ3) is 7.47. The van der Waals surface area contributed by atoms with Crippen LogP contribution in [0, 0.1) is 5.92 Å². The number of carbonyl (C=O) groups excluding carboxylic acids is 2. The van der Waals surface area contributed by atoms with Crippen molar-refractivity contribution in [2.75, 3.05) is 41.8 Å². The minimum Gasteiger partial charge on any atom is -0.376 e. The van der Waals surface area contributed by atoms with Gasteiger partial charge in [-0.25, -0.2) is 4.79 Å². The molecule has 0 bridgehead atoms. The summed E-state index contributed by atoms with van der Waals surface area (Å²) in [6, 6.07) is 20.5. The Morgan fingerprint density at radius 1 is 0.925 bits per heavy atom. The van der Waals surface area contributed by atoms with Crippen LogP contribution in [0.3, 0.4) is 0 Å². The van der Waals surface area contributed by atoms with Crippen molar-refractivity contribution in [2.45, 2.75) is 38.2 Å². The van der Waals surface area contributed by atoms with Crippen molar-refractivity contribution in [3.8, 4) is 0 Å². The molecule has 1 unspecified atom stereocenters. The molecule has 0 aliphatic carbocycles. The minimum absolute atomic E-state index is 0.0392. The average Bonchev–Trinajstić information content (AvgIpc) is 3.48. The lowest BCUT2D eigenvalue weighted by Crippen LogP contribution is -2.37. The van der Waals surface area contributed by atoms with E-state index in [4.69, 9.17) is 27.9 Å². The van der Waals surface area contributed by atoms with E-state index in [1.807, 2.05) is 18.2 Å². The van der Waals surface area contributed by atoms with Crippen LogP contribution in [0.25, 0.3) is 0 Å². The third-order valence-electron chi connectivity index (χ3n) is 7.52. The van der Waals surface area contributed by atoms with Crippen molar-refractivity contribution in [1.29, 1.82) is 0 Å². The van der Waals surface area contributed by atoms with Crippen molar-refractivity contribution >= 4 is 52.2 Å². The van der Waals surface area contributed by atoms with E-state index in [2.05, 4.69) is 45.1 Å². The largest absolute Gasteiger partial charge is 0.376 e. The maximum absolute atomic E-state index is 13.4. The van der Waals surface area contributed by atoms with Gasteiger partial charge >= 0.3 is 6.03 Å². The number of rotatable bonds is 8. The summed E-state index contributed by atoms with van der Waals surface area (Å²) in [7, 11) is 0. The van der Waals surface area contributed by atoms with Gasteiger partial charge in [-0.05, 0) is 80.0 Å². The zero-order valence-corrected chi connectivity index (χ0v) is 23.8. The molecular weight excluding hydrogens is 547 g/mol. The lowest BCUT2D eigenvalue weighted by atomic mass is 9.89. The number of hydrogen-bond donors (Lipinski definition) is 3. The summed E-state index contributed by atoms with van der Waals surface area (Å²) in [6.07, 6.45) is 5.16. The Hall–Kier alpha value is -3.26. The zero-order chi connectivity index (χ0) is 27.9. The monoisotopic (exact) mass is 580 g/mol. The molecule has 2 aliphatic heterocycles. The number of anilines is 3. The molecule has 0 spiro atoms. The number of urea groups is 1. The number of halogens is 2. The second-order valence-electron chi connectivity index (χ2n) is 10.4. The van der Waals surface area contributed by atoms with E-state index in [-0.39, 0.29) is 12.0 Å². The summed E-state index contributed by atoms with van der Waals surface area (Å²) in [6.45, 7) is 2.93. The summed E-state index contributed by atoms with van der Waals surface area (Å²) in [5.74, 6) is 0.432. The SMILES string of the molecule is O=C(Nc1ccc(N2CCC(Cc3ccccc3)CC2)c(C(=O)NCC2CCCO2)c1)Nc1ccc(Cl)cc1Cl. The Labute approximate surface area is 245 Å². The second-order valence-corrected chi connectivity index (χ2v) is 11.2. The first kappa shape index (κ1) is 28.3. The van der Waals surface area contributed by atoms with E-state index >= 15 is 0 Å². The van der Waals surface area contributed by atoms with Gasteiger partial charge in [-0.1, -0.05) is 53.5 Å². The topological polar surface area (TPSA) is 82.7 Å². The number of nitrogens with zero attached hydrogens (tertiary/aromatic N) is 1. The Kier molecular flexibility index (Phi) is 9.47. The van der Waals surface area contributed by atoms with Crippen molar-refractivity contribution < 1.29 is 14.3 Å². The van der Waals surface area contributed by atoms with Crippen molar-refractivity contribution in [3.63, 3.8) is 0 Å². The van der Waals surface area contributed by atoms with Crippen LogP contribution in [0.2, 0.25) is 10.0 Å². The maximum atomic E-state index is 13.4. The molecule has 40 heavy (non-hydrogen) atoms. The van der Waals surface area contributed by atoms with Crippen LogP contribution in [0.4, 0.5) is 21.9 Å². The molecule has 210 valence electrons. The van der Waals surface area contributed by atoms with Crippen LogP contribution < -0.4 is 20.9 Å². The molecule has 3 N–H and O–H groups in total. The molecule has 9 heteroatoms. The fourth-order valence-corrected chi connectivity index (χ4v) is 5.84. The van der Waals surface area contributed by atoms with Gasteiger partial charge in [0.2, 0.25) is 0 Å². The first-order valence-electron chi connectivity index (χ1n) is 13.8. The molecule has 2 aliphatic rings. The average molecular weight is 582 g/mol. The molecule has 1 atom stereocenters. The van der Waals surface area contributed by atoms with Crippen molar-refractivity contribution in [2.24, 2.45) is 5.92 Å². The predicted octanol–water partition coefficient (Wildman–Crippen LogP) is 7.01.